The van der Waals surface area contributed by atoms with Gasteiger partial charge in [-0.2, -0.15) is 0 Å². The largest absolute Gasteiger partial charge is 0.493 e. The molecule has 3 rings (SSSR count). The van der Waals surface area contributed by atoms with Crippen molar-refractivity contribution in [1.82, 2.24) is 5.32 Å². The summed E-state index contributed by atoms with van der Waals surface area (Å²) in [5.74, 6) is 2.84. The molecule has 2 heteroatoms. The Labute approximate surface area is 122 Å². The fraction of sp³-hybridized carbons (Fsp3) is 0.667. The molecule has 1 N–H and O–H groups in total. The van der Waals surface area contributed by atoms with Gasteiger partial charge in [0.1, 0.15) is 5.75 Å². The first-order valence-corrected chi connectivity index (χ1v) is 8.20. The summed E-state index contributed by atoms with van der Waals surface area (Å²) in [6.45, 7) is 6.75. The van der Waals surface area contributed by atoms with Gasteiger partial charge in [-0.25, -0.2) is 0 Å². The summed E-state index contributed by atoms with van der Waals surface area (Å²) in [6, 6.07) is 7.42. The fourth-order valence-electron chi connectivity index (χ4n) is 3.77. The molecule has 0 bridgehead atoms. The van der Waals surface area contributed by atoms with Crippen LogP contribution in [0.2, 0.25) is 0 Å². The molecule has 1 aliphatic heterocycles. The van der Waals surface area contributed by atoms with E-state index in [-0.39, 0.29) is 0 Å². The zero-order chi connectivity index (χ0) is 13.9. The minimum absolute atomic E-state index is 0.726. The standard InChI is InChI=1S/C18H27NO/c1-13-3-5-17(14(2)11-13)19-9-7-15-4-6-18-16(12-15)8-10-20-18/h4,6,12-14,17,19H,3,5,7-11H2,1-2H3. The van der Waals surface area contributed by atoms with Crippen LogP contribution >= 0.6 is 0 Å². The molecule has 2 nitrogen and oxygen atoms in total. The average Bonchev–Trinajstić information content (AvgIpc) is 2.89. The highest BCUT2D eigenvalue weighted by molar-refractivity contribution is 5.39. The SMILES string of the molecule is CC1CCC(NCCc2ccc3c(c2)CCO3)C(C)C1. The van der Waals surface area contributed by atoms with Crippen LogP contribution in [0, 0.1) is 11.8 Å². The molecule has 1 saturated carbocycles. The summed E-state index contributed by atoms with van der Waals surface area (Å²) in [4.78, 5) is 0. The molecule has 0 amide bonds. The van der Waals surface area contributed by atoms with Crippen molar-refractivity contribution in [2.75, 3.05) is 13.2 Å². The van der Waals surface area contributed by atoms with Crippen molar-refractivity contribution in [3.05, 3.63) is 29.3 Å². The molecule has 1 heterocycles. The molecular weight excluding hydrogens is 246 g/mol. The minimum atomic E-state index is 0.726. The highest BCUT2D eigenvalue weighted by Crippen LogP contribution is 2.29. The highest BCUT2D eigenvalue weighted by Gasteiger charge is 2.24. The number of hydrogen-bond donors (Lipinski definition) is 1. The van der Waals surface area contributed by atoms with Crippen molar-refractivity contribution in [2.24, 2.45) is 11.8 Å². The van der Waals surface area contributed by atoms with Crippen molar-refractivity contribution < 1.29 is 4.74 Å². The van der Waals surface area contributed by atoms with Crippen molar-refractivity contribution in [1.29, 1.82) is 0 Å². The molecule has 1 aromatic carbocycles. The molecule has 2 aliphatic rings. The Morgan fingerprint density at radius 2 is 2.15 bits per heavy atom. The molecule has 0 saturated heterocycles. The number of hydrogen-bond acceptors (Lipinski definition) is 2. The second kappa shape index (κ2) is 6.17. The molecular formula is C18H27NO. The van der Waals surface area contributed by atoms with Crippen molar-refractivity contribution in [2.45, 2.75) is 52.0 Å². The van der Waals surface area contributed by atoms with Crippen LogP contribution in [0.5, 0.6) is 5.75 Å². The Kier molecular flexibility index (Phi) is 4.30. The third-order valence-electron chi connectivity index (χ3n) is 5.01. The minimum Gasteiger partial charge on any atom is -0.493 e. The van der Waals surface area contributed by atoms with E-state index in [4.69, 9.17) is 4.74 Å². The Hall–Kier alpha value is -1.02. The maximum atomic E-state index is 5.56. The molecule has 1 aromatic rings. The van der Waals surface area contributed by atoms with Crippen LogP contribution in [0.25, 0.3) is 0 Å². The smallest absolute Gasteiger partial charge is 0.122 e. The van der Waals surface area contributed by atoms with Gasteiger partial charge in [-0.3, -0.25) is 0 Å². The third-order valence-corrected chi connectivity index (χ3v) is 5.01. The van der Waals surface area contributed by atoms with Crippen LogP contribution in [0.4, 0.5) is 0 Å². The Balaban J connectivity index is 1.48. The lowest BCUT2D eigenvalue weighted by Gasteiger charge is -2.33. The van der Waals surface area contributed by atoms with Crippen molar-refractivity contribution >= 4 is 0 Å². The van der Waals surface area contributed by atoms with Gasteiger partial charge in [0.25, 0.3) is 0 Å². The topological polar surface area (TPSA) is 21.3 Å². The predicted molar refractivity (Wildman–Crippen MR) is 83.3 cm³/mol. The summed E-state index contributed by atoms with van der Waals surface area (Å²) < 4.78 is 5.56. The molecule has 0 aromatic heterocycles. The normalized spacial score (nSPS) is 29.0. The second-order valence-electron chi connectivity index (χ2n) is 6.75. The van der Waals surface area contributed by atoms with E-state index >= 15 is 0 Å². The van der Waals surface area contributed by atoms with E-state index in [1.165, 1.54) is 30.4 Å². The molecule has 20 heavy (non-hydrogen) atoms. The van der Waals surface area contributed by atoms with Crippen LogP contribution < -0.4 is 10.1 Å². The van der Waals surface area contributed by atoms with E-state index in [1.807, 2.05) is 0 Å². The summed E-state index contributed by atoms with van der Waals surface area (Å²) in [5, 5.41) is 3.78. The van der Waals surface area contributed by atoms with E-state index in [0.29, 0.717) is 0 Å². The van der Waals surface area contributed by atoms with Gasteiger partial charge in [-0.15, -0.1) is 0 Å². The maximum Gasteiger partial charge on any atom is 0.122 e. The number of nitrogens with one attached hydrogen (secondary N) is 1. The van der Waals surface area contributed by atoms with Gasteiger partial charge in [-0.1, -0.05) is 26.0 Å². The van der Waals surface area contributed by atoms with Gasteiger partial charge in [0.15, 0.2) is 0 Å². The molecule has 3 atom stereocenters. The Bertz CT molecular complexity index is 457. The lowest BCUT2D eigenvalue weighted by atomic mass is 9.80. The van der Waals surface area contributed by atoms with Crippen LogP contribution in [-0.2, 0) is 12.8 Å². The van der Waals surface area contributed by atoms with Crippen LogP contribution in [0.1, 0.15) is 44.2 Å². The van der Waals surface area contributed by atoms with E-state index in [1.54, 1.807) is 0 Å². The summed E-state index contributed by atoms with van der Waals surface area (Å²) in [7, 11) is 0. The van der Waals surface area contributed by atoms with Crippen LogP contribution in [-0.4, -0.2) is 19.2 Å². The number of rotatable bonds is 4. The first-order chi connectivity index (χ1) is 9.72. The first-order valence-electron chi connectivity index (χ1n) is 8.20. The fourth-order valence-corrected chi connectivity index (χ4v) is 3.77. The lowest BCUT2D eigenvalue weighted by molar-refractivity contribution is 0.229. The van der Waals surface area contributed by atoms with E-state index in [2.05, 4.69) is 37.4 Å². The molecule has 0 spiro atoms. The zero-order valence-corrected chi connectivity index (χ0v) is 12.8. The van der Waals surface area contributed by atoms with Crippen LogP contribution in [0.3, 0.4) is 0 Å². The molecule has 3 unspecified atom stereocenters. The van der Waals surface area contributed by atoms with Gasteiger partial charge >= 0.3 is 0 Å². The monoisotopic (exact) mass is 273 g/mol. The summed E-state index contributed by atoms with van der Waals surface area (Å²) in [6.07, 6.45) is 6.33. The molecule has 0 radical (unpaired) electrons. The van der Waals surface area contributed by atoms with Crippen LogP contribution in [0.15, 0.2) is 18.2 Å². The zero-order valence-electron chi connectivity index (χ0n) is 12.8. The van der Waals surface area contributed by atoms with Gasteiger partial charge in [-0.05, 0) is 61.3 Å². The third kappa shape index (κ3) is 3.17. The Morgan fingerprint density at radius 1 is 1.25 bits per heavy atom. The quantitative estimate of drug-likeness (QED) is 0.905. The molecule has 1 aliphatic carbocycles. The van der Waals surface area contributed by atoms with Gasteiger partial charge in [0.2, 0.25) is 0 Å². The van der Waals surface area contributed by atoms with Gasteiger partial charge in [0.05, 0.1) is 6.61 Å². The number of ether oxygens (including phenoxy) is 1. The number of benzene rings is 1. The Morgan fingerprint density at radius 3 is 3.00 bits per heavy atom. The van der Waals surface area contributed by atoms with Gasteiger partial charge in [0, 0.05) is 12.5 Å². The van der Waals surface area contributed by atoms with Crippen molar-refractivity contribution in [3.63, 3.8) is 0 Å². The van der Waals surface area contributed by atoms with Gasteiger partial charge < -0.3 is 10.1 Å². The highest BCUT2D eigenvalue weighted by atomic mass is 16.5. The average molecular weight is 273 g/mol. The van der Waals surface area contributed by atoms with E-state index < -0.39 is 0 Å². The lowest BCUT2D eigenvalue weighted by Crippen LogP contribution is -2.39. The van der Waals surface area contributed by atoms with E-state index in [9.17, 15) is 0 Å². The predicted octanol–water partition coefficient (Wildman–Crippen LogP) is 3.58. The molecule has 1 fully saturated rings. The first kappa shape index (κ1) is 13.9. The second-order valence-corrected chi connectivity index (χ2v) is 6.75. The van der Waals surface area contributed by atoms with Crippen molar-refractivity contribution in [3.8, 4) is 5.75 Å². The summed E-state index contributed by atoms with van der Waals surface area (Å²) in [5.41, 5.74) is 2.83. The van der Waals surface area contributed by atoms with E-state index in [0.717, 1.165) is 49.6 Å². The molecule has 110 valence electrons. The maximum absolute atomic E-state index is 5.56. The summed E-state index contributed by atoms with van der Waals surface area (Å²) >= 11 is 0. The number of fused-ring (bicyclic) bond motifs is 1.